The number of hydrogen-bond acceptors (Lipinski definition) is 2. The minimum atomic E-state index is -0.216. The summed E-state index contributed by atoms with van der Waals surface area (Å²) in [6.45, 7) is 6.21. The van der Waals surface area contributed by atoms with Crippen LogP contribution in [0.15, 0.2) is 0 Å². The summed E-state index contributed by atoms with van der Waals surface area (Å²) in [7, 11) is 0. The van der Waals surface area contributed by atoms with E-state index in [1.807, 2.05) is 13.8 Å². The second kappa shape index (κ2) is 5.55. The molecule has 0 aliphatic carbocycles. The highest BCUT2D eigenvalue weighted by Gasteiger charge is 2.19. The average Bonchev–Trinajstić information content (AvgIpc) is 1.96. The molecule has 1 atom stereocenters. The second-order valence-electron chi connectivity index (χ2n) is 4.28. The van der Waals surface area contributed by atoms with Gasteiger partial charge in [0, 0.05) is 11.6 Å². The maximum absolute atomic E-state index is 5.91. The molecule has 12 heavy (non-hydrogen) atoms. The summed E-state index contributed by atoms with van der Waals surface area (Å²) in [6.07, 6.45) is 6.17. The highest BCUT2D eigenvalue weighted by molar-refractivity contribution is 4.84. The fourth-order valence-electron chi connectivity index (χ4n) is 1.16. The summed E-state index contributed by atoms with van der Waals surface area (Å²) in [5, 5.41) is 0. The van der Waals surface area contributed by atoms with E-state index in [4.69, 9.17) is 11.5 Å². The summed E-state index contributed by atoms with van der Waals surface area (Å²) in [4.78, 5) is 0. The van der Waals surface area contributed by atoms with Gasteiger partial charge in [0.05, 0.1) is 0 Å². The minimum absolute atomic E-state index is 0.148. The van der Waals surface area contributed by atoms with Gasteiger partial charge in [0.25, 0.3) is 0 Å². The molecule has 0 spiro atoms. The standard InChI is InChI=1S/C10H24N2/c1-4-5-6-7-8-9(11)10(2,3)12/h9H,4-8,11-12H2,1-3H3. The SMILES string of the molecule is CCCCCCC(N)C(C)(C)N. The van der Waals surface area contributed by atoms with E-state index < -0.39 is 0 Å². The van der Waals surface area contributed by atoms with Crippen molar-refractivity contribution < 1.29 is 0 Å². The van der Waals surface area contributed by atoms with Crippen molar-refractivity contribution >= 4 is 0 Å². The number of nitrogens with two attached hydrogens (primary N) is 2. The molecule has 4 N–H and O–H groups in total. The van der Waals surface area contributed by atoms with Gasteiger partial charge >= 0.3 is 0 Å². The Morgan fingerprint density at radius 1 is 1.17 bits per heavy atom. The van der Waals surface area contributed by atoms with Crippen LogP contribution in [0.5, 0.6) is 0 Å². The molecular weight excluding hydrogens is 148 g/mol. The smallest absolute Gasteiger partial charge is 0.0250 e. The maximum Gasteiger partial charge on any atom is 0.0250 e. The lowest BCUT2D eigenvalue weighted by molar-refractivity contribution is 0.377. The van der Waals surface area contributed by atoms with Crippen molar-refractivity contribution in [3.63, 3.8) is 0 Å². The molecular formula is C10H24N2. The molecule has 0 bridgehead atoms. The molecule has 0 aliphatic rings. The highest BCUT2D eigenvalue weighted by atomic mass is 14.8. The molecule has 0 aliphatic heterocycles. The normalized spacial score (nSPS) is 14.8. The van der Waals surface area contributed by atoms with Crippen LogP contribution in [-0.2, 0) is 0 Å². The highest BCUT2D eigenvalue weighted by Crippen LogP contribution is 2.11. The summed E-state index contributed by atoms with van der Waals surface area (Å²) in [6, 6.07) is 0.148. The zero-order valence-corrected chi connectivity index (χ0v) is 8.77. The summed E-state index contributed by atoms with van der Waals surface area (Å²) in [5.74, 6) is 0. The number of hydrogen-bond donors (Lipinski definition) is 2. The fraction of sp³-hybridized carbons (Fsp3) is 1.00. The van der Waals surface area contributed by atoms with Crippen LogP contribution in [0.4, 0.5) is 0 Å². The molecule has 74 valence electrons. The Morgan fingerprint density at radius 2 is 1.75 bits per heavy atom. The first-order valence-corrected chi connectivity index (χ1v) is 5.03. The third-order valence-corrected chi connectivity index (χ3v) is 2.32. The lowest BCUT2D eigenvalue weighted by Gasteiger charge is -2.26. The van der Waals surface area contributed by atoms with Crippen LogP contribution in [0.1, 0.15) is 52.9 Å². The van der Waals surface area contributed by atoms with Crippen LogP contribution in [0.25, 0.3) is 0 Å². The summed E-state index contributed by atoms with van der Waals surface area (Å²) < 4.78 is 0. The Morgan fingerprint density at radius 3 is 2.17 bits per heavy atom. The van der Waals surface area contributed by atoms with Crippen molar-refractivity contribution in [3.05, 3.63) is 0 Å². The Bertz CT molecular complexity index is 105. The van der Waals surface area contributed by atoms with Crippen LogP contribution < -0.4 is 11.5 Å². The van der Waals surface area contributed by atoms with Gasteiger partial charge in [-0.3, -0.25) is 0 Å². The molecule has 0 fully saturated rings. The predicted molar refractivity (Wildman–Crippen MR) is 55.0 cm³/mol. The first-order chi connectivity index (χ1) is 5.48. The Balaban J connectivity index is 3.38. The lowest BCUT2D eigenvalue weighted by atomic mass is 9.92. The van der Waals surface area contributed by atoms with Crippen molar-refractivity contribution in [3.8, 4) is 0 Å². The molecule has 0 aromatic rings. The molecule has 0 heterocycles. The topological polar surface area (TPSA) is 52.0 Å². The minimum Gasteiger partial charge on any atom is -0.326 e. The molecule has 0 saturated heterocycles. The van der Waals surface area contributed by atoms with E-state index in [-0.39, 0.29) is 11.6 Å². The molecule has 0 amide bonds. The maximum atomic E-state index is 5.91. The number of rotatable bonds is 6. The van der Waals surface area contributed by atoms with Gasteiger partial charge < -0.3 is 11.5 Å². The lowest BCUT2D eigenvalue weighted by Crippen LogP contribution is -2.50. The Hall–Kier alpha value is -0.0800. The Labute approximate surface area is 76.7 Å². The van der Waals surface area contributed by atoms with E-state index in [0.717, 1.165) is 6.42 Å². The fourth-order valence-corrected chi connectivity index (χ4v) is 1.16. The van der Waals surface area contributed by atoms with Crippen LogP contribution in [-0.4, -0.2) is 11.6 Å². The molecule has 0 aromatic carbocycles. The van der Waals surface area contributed by atoms with E-state index in [9.17, 15) is 0 Å². The van der Waals surface area contributed by atoms with Crippen molar-refractivity contribution in [1.29, 1.82) is 0 Å². The zero-order chi connectivity index (χ0) is 9.61. The van der Waals surface area contributed by atoms with E-state index in [1.54, 1.807) is 0 Å². The van der Waals surface area contributed by atoms with Gasteiger partial charge in [0.15, 0.2) is 0 Å². The first kappa shape index (κ1) is 11.9. The third kappa shape index (κ3) is 5.56. The predicted octanol–water partition coefficient (Wildman–Crippen LogP) is 2.02. The molecule has 2 nitrogen and oxygen atoms in total. The van der Waals surface area contributed by atoms with Gasteiger partial charge in [-0.05, 0) is 20.3 Å². The third-order valence-electron chi connectivity index (χ3n) is 2.32. The van der Waals surface area contributed by atoms with Gasteiger partial charge in [-0.1, -0.05) is 32.6 Å². The first-order valence-electron chi connectivity index (χ1n) is 5.03. The van der Waals surface area contributed by atoms with Gasteiger partial charge in [-0.25, -0.2) is 0 Å². The quantitative estimate of drug-likeness (QED) is 0.602. The molecule has 1 unspecified atom stereocenters. The molecule has 2 heteroatoms. The van der Waals surface area contributed by atoms with Crippen LogP contribution in [0, 0.1) is 0 Å². The Kier molecular flexibility index (Phi) is 5.51. The van der Waals surface area contributed by atoms with E-state index in [0.29, 0.717) is 0 Å². The zero-order valence-electron chi connectivity index (χ0n) is 8.77. The van der Waals surface area contributed by atoms with E-state index in [1.165, 1.54) is 25.7 Å². The van der Waals surface area contributed by atoms with Crippen molar-refractivity contribution in [2.24, 2.45) is 11.5 Å². The van der Waals surface area contributed by atoms with Crippen LogP contribution in [0.3, 0.4) is 0 Å². The molecule has 0 saturated carbocycles. The van der Waals surface area contributed by atoms with Gasteiger partial charge in [-0.2, -0.15) is 0 Å². The van der Waals surface area contributed by atoms with Gasteiger partial charge in [-0.15, -0.1) is 0 Å². The van der Waals surface area contributed by atoms with E-state index in [2.05, 4.69) is 6.92 Å². The molecule has 0 aromatic heterocycles. The van der Waals surface area contributed by atoms with Gasteiger partial charge in [0.2, 0.25) is 0 Å². The van der Waals surface area contributed by atoms with Crippen molar-refractivity contribution in [2.45, 2.75) is 64.5 Å². The second-order valence-corrected chi connectivity index (χ2v) is 4.28. The van der Waals surface area contributed by atoms with Crippen LogP contribution in [0.2, 0.25) is 0 Å². The van der Waals surface area contributed by atoms with Crippen molar-refractivity contribution in [1.82, 2.24) is 0 Å². The average molecular weight is 172 g/mol. The summed E-state index contributed by atoms with van der Waals surface area (Å²) >= 11 is 0. The monoisotopic (exact) mass is 172 g/mol. The van der Waals surface area contributed by atoms with E-state index >= 15 is 0 Å². The largest absolute Gasteiger partial charge is 0.326 e. The number of unbranched alkanes of at least 4 members (excludes halogenated alkanes) is 3. The van der Waals surface area contributed by atoms with Gasteiger partial charge in [0.1, 0.15) is 0 Å². The van der Waals surface area contributed by atoms with Crippen LogP contribution >= 0.6 is 0 Å². The molecule has 0 rings (SSSR count). The molecule has 0 radical (unpaired) electrons. The van der Waals surface area contributed by atoms with Crippen molar-refractivity contribution in [2.75, 3.05) is 0 Å². The summed E-state index contributed by atoms with van der Waals surface area (Å²) in [5.41, 5.74) is 11.6.